The molecule has 3 N–H and O–H groups in total. The maximum atomic E-state index is 12.1. The van der Waals surface area contributed by atoms with Crippen LogP contribution in [0.1, 0.15) is 25.1 Å². The summed E-state index contributed by atoms with van der Waals surface area (Å²) in [6, 6.07) is 1.89. The first-order valence-corrected chi connectivity index (χ1v) is 9.44. The Morgan fingerprint density at radius 3 is 2.76 bits per heavy atom. The van der Waals surface area contributed by atoms with Gasteiger partial charge in [0.25, 0.3) is 6.47 Å². The average Bonchev–Trinajstić information content (AvgIpc) is 3.36. The second-order valence-electron chi connectivity index (χ2n) is 6.93. The van der Waals surface area contributed by atoms with Gasteiger partial charge in [-0.15, -0.1) is 0 Å². The lowest BCUT2D eigenvalue weighted by molar-refractivity contribution is -0.123. The van der Waals surface area contributed by atoms with Crippen molar-refractivity contribution in [3.63, 3.8) is 0 Å². The molecule has 29 heavy (non-hydrogen) atoms. The number of carboxylic acid groups (broad SMARTS) is 1. The molecule has 1 amide bonds. The van der Waals surface area contributed by atoms with Gasteiger partial charge >= 0.3 is 0 Å². The molecule has 0 atom stereocenters. The summed E-state index contributed by atoms with van der Waals surface area (Å²) in [5.74, 6) is 3.15. The topological polar surface area (TPSA) is 135 Å². The summed E-state index contributed by atoms with van der Waals surface area (Å²) in [5.41, 5.74) is 0.852. The molecule has 5 rings (SSSR count). The number of fused-ring (bicyclic) bond motifs is 2. The zero-order valence-corrected chi connectivity index (χ0v) is 15.9. The maximum Gasteiger partial charge on any atom is 0.290 e. The number of aryl methyl sites for hydroxylation is 2. The highest BCUT2D eigenvalue weighted by Crippen LogP contribution is 2.33. The molecule has 1 saturated carbocycles. The Morgan fingerprint density at radius 2 is 2.07 bits per heavy atom. The lowest BCUT2D eigenvalue weighted by Gasteiger charge is -2.10. The monoisotopic (exact) mass is 395 g/mol. The van der Waals surface area contributed by atoms with Gasteiger partial charge in [-0.05, 0) is 25.3 Å². The van der Waals surface area contributed by atoms with Crippen molar-refractivity contribution in [2.75, 3.05) is 17.7 Å². The van der Waals surface area contributed by atoms with Gasteiger partial charge in [0.15, 0.2) is 5.82 Å². The first-order valence-electron chi connectivity index (χ1n) is 9.44. The summed E-state index contributed by atoms with van der Waals surface area (Å²) >= 11 is 0. The SMILES string of the molecule is CNc1ncc(-c2nc3n(n2)CCC3)c2cc(NC(=O)C3CC3)ncc12.O=CO. The number of pyridine rings is 2. The van der Waals surface area contributed by atoms with Crippen molar-refractivity contribution in [3.8, 4) is 11.4 Å². The molecule has 4 heterocycles. The lowest BCUT2D eigenvalue weighted by Crippen LogP contribution is -2.14. The quantitative estimate of drug-likeness (QED) is 0.570. The van der Waals surface area contributed by atoms with Crippen LogP contribution in [-0.2, 0) is 22.6 Å². The van der Waals surface area contributed by atoms with Crippen LogP contribution >= 0.6 is 0 Å². The fourth-order valence-electron chi connectivity index (χ4n) is 3.39. The minimum absolute atomic E-state index is 0.0420. The maximum absolute atomic E-state index is 12.1. The molecule has 150 valence electrons. The van der Waals surface area contributed by atoms with Crippen LogP contribution in [0.2, 0.25) is 0 Å². The molecule has 0 spiro atoms. The van der Waals surface area contributed by atoms with E-state index in [0.29, 0.717) is 11.6 Å². The standard InChI is InChI=1S/C18H19N7O.CH2O2/c1-19-16-12-8-20-14(22-18(26)10-4-5-10)7-11(12)13(9-21-16)17-23-15-3-2-6-25(15)24-17;2-1-3/h7-10H,2-6H2,1H3,(H,19,21)(H,20,22,26);1H,(H,2,3). The molecule has 1 fully saturated rings. The minimum atomic E-state index is -0.250. The number of nitrogens with one attached hydrogen (secondary N) is 2. The number of amides is 1. The molecule has 0 unspecified atom stereocenters. The molecule has 10 heteroatoms. The molecule has 0 aromatic carbocycles. The molecule has 1 aliphatic carbocycles. The number of carbonyl (C=O) groups excluding carboxylic acids is 1. The van der Waals surface area contributed by atoms with E-state index < -0.39 is 0 Å². The normalized spacial score (nSPS) is 14.7. The lowest BCUT2D eigenvalue weighted by atomic mass is 10.1. The number of carbonyl (C=O) groups is 2. The predicted molar refractivity (Wildman–Crippen MR) is 106 cm³/mol. The van der Waals surface area contributed by atoms with Crippen molar-refractivity contribution in [1.82, 2.24) is 24.7 Å². The summed E-state index contributed by atoms with van der Waals surface area (Å²) in [6.45, 7) is 0.659. The third-order valence-electron chi connectivity index (χ3n) is 4.97. The van der Waals surface area contributed by atoms with Crippen LogP contribution in [0.25, 0.3) is 22.2 Å². The van der Waals surface area contributed by atoms with Crippen molar-refractivity contribution < 1.29 is 14.7 Å². The smallest absolute Gasteiger partial charge is 0.290 e. The number of hydrogen-bond acceptors (Lipinski definition) is 7. The van der Waals surface area contributed by atoms with Crippen LogP contribution in [0.3, 0.4) is 0 Å². The van der Waals surface area contributed by atoms with Crippen molar-refractivity contribution in [2.24, 2.45) is 5.92 Å². The van der Waals surface area contributed by atoms with Gasteiger partial charge in [-0.2, -0.15) is 5.10 Å². The van der Waals surface area contributed by atoms with E-state index in [-0.39, 0.29) is 18.3 Å². The minimum Gasteiger partial charge on any atom is -0.483 e. The molecular weight excluding hydrogens is 374 g/mol. The van der Waals surface area contributed by atoms with Gasteiger partial charge in [-0.3, -0.25) is 9.59 Å². The summed E-state index contributed by atoms with van der Waals surface area (Å²) < 4.78 is 1.96. The van der Waals surface area contributed by atoms with E-state index >= 15 is 0 Å². The Balaban J connectivity index is 0.000000645. The first-order chi connectivity index (χ1) is 14.1. The van der Waals surface area contributed by atoms with Crippen LogP contribution < -0.4 is 10.6 Å². The second-order valence-corrected chi connectivity index (χ2v) is 6.93. The Bertz CT molecular complexity index is 1050. The van der Waals surface area contributed by atoms with Crippen LogP contribution in [0.4, 0.5) is 11.6 Å². The summed E-state index contributed by atoms with van der Waals surface area (Å²) in [6.07, 6.45) is 7.49. The van der Waals surface area contributed by atoms with Crippen molar-refractivity contribution in [3.05, 3.63) is 24.3 Å². The first kappa shape index (κ1) is 18.8. The van der Waals surface area contributed by atoms with Crippen LogP contribution in [0, 0.1) is 5.92 Å². The molecule has 0 bridgehead atoms. The zero-order chi connectivity index (χ0) is 20.4. The highest BCUT2D eigenvalue weighted by Gasteiger charge is 2.30. The van der Waals surface area contributed by atoms with Gasteiger partial charge in [0, 0.05) is 54.7 Å². The van der Waals surface area contributed by atoms with E-state index in [9.17, 15) is 4.79 Å². The molecule has 10 nitrogen and oxygen atoms in total. The number of hydrogen-bond donors (Lipinski definition) is 3. The summed E-state index contributed by atoms with van der Waals surface area (Å²) in [4.78, 5) is 34.0. The van der Waals surface area contributed by atoms with Crippen molar-refractivity contribution in [2.45, 2.75) is 32.2 Å². The number of anilines is 2. The molecule has 1 aliphatic heterocycles. The van der Waals surface area contributed by atoms with E-state index in [4.69, 9.17) is 9.90 Å². The Morgan fingerprint density at radius 1 is 1.28 bits per heavy atom. The van der Waals surface area contributed by atoms with Crippen LogP contribution in [-0.4, -0.2) is 49.3 Å². The Kier molecular flexibility index (Phi) is 5.07. The Hall–Kier alpha value is -3.56. The van der Waals surface area contributed by atoms with E-state index in [1.807, 2.05) is 17.8 Å². The highest BCUT2D eigenvalue weighted by atomic mass is 16.3. The third-order valence-corrected chi connectivity index (χ3v) is 4.97. The molecular formula is C19H21N7O3. The number of rotatable bonds is 4. The second kappa shape index (κ2) is 7.82. The molecule has 0 saturated heterocycles. The van der Waals surface area contributed by atoms with E-state index in [2.05, 4.69) is 30.7 Å². The fourth-order valence-corrected chi connectivity index (χ4v) is 3.39. The van der Waals surface area contributed by atoms with E-state index in [0.717, 1.165) is 60.2 Å². The van der Waals surface area contributed by atoms with Gasteiger partial charge in [-0.1, -0.05) is 0 Å². The number of nitrogens with zero attached hydrogens (tertiary/aromatic N) is 5. The van der Waals surface area contributed by atoms with Gasteiger partial charge in [0.2, 0.25) is 5.91 Å². The largest absolute Gasteiger partial charge is 0.483 e. The van der Waals surface area contributed by atoms with E-state index in [1.54, 1.807) is 12.4 Å². The highest BCUT2D eigenvalue weighted by molar-refractivity contribution is 6.03. The Labute approximate surface area is 166 Å². The third kappa shape index (κ3) is 3.73. The van der Waals surface area contributed by atoms with Crippen molar-refractivity contribution >= 4 is 34.8 Å². The summed E-state index contributed by atoms with van der Waals surface area (Å²) in [5, 5.41) is 19.3. The fraction of sp³-hybridized carbons (Fsp3) is 0.368. The van der Waals surface area contributed by atoms with Gasteiger partial charge in [0.05, 0.1) is 0 Å². The molecule has 2 aliphatic rings. The van der Waals surface area contributed by atoms with Crippen molar-refractivity contribution in [1.29, 1.82) is 0 Å². The predicted octanol–water partition coefficient (Wildman–Crippen LogP) is 1.93. The van der Waals surface area contributed by atoms with Gasteiger partial charge < -0.3 is 15.7 Å². The zero-order valence-electron chi connectivity index (χ0n) is 15.9. The molecule has 3 aromatic rings. The van der Waals surface area contributed by atoms with Gasteiger partial charge in [-0.25, -0.2) is 19.6 Å². The number of aromatic nitrogens is 5. The van der Waals surface area contributed by atoms with Gasteiger partial charge in [0.1, 0.15) is 17.5 Å². The molecule has 0 radical (unpaired) electrons. The van der Waals surface area contributed by atoms with E-state index in [1.165, 1.54) is 0 Å². The average molecular weight is 395 g/mol. The van der Waals surface area contributed by atoms with Crippen LogP contribution in [0.5, 0.6) is 0 Å². The molecule has 3 aromatic heterocycles. The summed E-state index contributed by atoms with van der Waals surface area (Å²) in [7, 11) is 1.83. The van der Waals surface area contributed by atoms with Crippen LogP contribution in [0.15, 0.2) is 18.5 Å².